The molecule has 1 nitrogen and oxygen atoms in total. The minimum atomic E-state index is 0.876. The SMILES string of the molecule is CC(C)=CCNCCCCCCC(C)C. The molecule has 0 aromatic carbocycles. The maximum absolute atomic E-state index is 3.44. The molecule has 1 heteroatoms. The van der Waals surface area contributed by atoms with Gasteiger partial charge in [-0.25, -0.2) is 0 Å². The Morgan fingerprint density at radius 2 is 1.73 bits per heavy atom. The summed E-state index contributed by atoms with van der Waals surface area (Å²) >= 11 is 0. The molecule has 0 radical (unpaired) electrons. The van der Waals surface area contributed by atoms with Crippen LogP contribution in [0.3, 0.4) is 0 Å². The lowest BCUT2D eigenvalue weighted by Crippen LogP contribution is -2.15. The maximum Gasteiger partial charge on any atom is 0.0137 e. The number of nitrogens with one attached hydrogen (secondary N) is 1. The highest BCUT2D eigenvalue weighted by Gasteiger charge is 1.94. The fourth-order valence-electron chi connectivity index (χ4n) is 1.53. The molecule has 0 aliphatic rings. The van der Waals surface area contributed by atoms with Gasteiger partial charge >= 0.3 is 0 Å². The maximum atomic E-state index is 3.44. The van der Waals surface area contributed by atoms with Crippen LogP contribution in [0.25, 0.3) is 0 Å². The van der Waals surface area contributed by atoms with Crippen molar-refractivity contribution in [2.75, 3.05) is 13.1 Å². The first-order valence-electron chi connectivity index (χ1n) is 6.47. The molecule has 0 amide bonds. The average molecular weight is 211 g/mol. The number of unbranched alkanes of at least 4 members (excludes halogenated alkanes) is 3. The Morgan fingerprint density at radius 3 is 2.33 bits per heavy atom. The Labute approximate surface area is 96.3 Å². The van der Waals surface area contributed by atoms with Gasteiger partial charge in [0.05, 0.1) is 0 Å². The lowest BCUT2D eigenvalue weighted by atomic mass is 10.0. The molecule has 0 heterocycles. The van der Waals surface area contributed by atoms with Gasteiger partial charge in [-0.15, -0.1) is 0 Å². The largest absolute Gasteiger partial charge is 0.313 e. The van der Waals surface area contributed by atoms with Crippen molar-refractivity contribution in [3.8, 4) is 0 Å². The van der Waals surface area contributed by atoms with Crippen molar-refractivity contribution in [3.63, 3.8) is 0 Å². The Hall–Kier alpha value is -0.300. The molecule has 0 aromatic rings. The zero-order valence-corrected chi connectivity index (χ0v) is 11.1. The zero-order valence-electron chi connectivity index (χ0n) is 11.1. The molecule has 0 aliphatic carbocycles. The minimum Gasteiger partial charge on any atom is -0.313 e. The molecular formula is C14H29N. The van der Waals surface area contributed by atoms with Gasteiger partial charge in [-0.1, -0.05) is 51.2 Å². The molecule has 0 aromatic heterocycles. The summed E-state index contributed by atoms with van der Waals surface area (Å²) in [5.74, 6) is 0.876. The Kier molecular flexibility index (Phi) is 10.0. The summed E-state index contributed by atoms with van der Waals surface area (Å²) in [5, 5.41) is 3.44. The Bertz CT molecular complexity index is 155. The van der Waals surface area contributed by atoms with Crippen LogP contribution in [-0.4, -0.2) is 13.1 Å². The van der Waals surface area contributed by atoms with Crippen molar-refractivity contribution >= 4 is 0 Å². The van der Waals surface area contributed by atoms with E-state index in [-0.39, 0.29) is 0 Å². The first kappa shape index (κ1) is 14.7. The highest BCUT2D eigenvalue weighted by atomic mass is 14.8. The van der Waals surface area contributed by atoms with Gasteiger partial charge in [0.15, 0.2) is 0 Å². The Balaban J connectivity index is 3.02. The molecule has 0 fully saturated rings. The van der Waals surface area contributed by atoms with Crippen LogP contribution < -0.4 is 5.32 Å². The van der Waals surface area contributed by atoms with Gasteiger partial charge in [0.2, 0.25) is 0 Å². The highest BCUT2D eigenvalue weighted by Crippen LogP contribution is 2.08. The van der Waals surface area contributed by atoms with Crippen LogP contribution in [0.2, 0.25) is 0 Å². The molecule has 0 unspecified atom stereocenters. The van der Waals surface area contributed by atoms with Gasteiger partial charge in [-0.05, 0) is 32.7 Å². The second kappa shape index (κ2) is 10.2. The van der Waals surface area contributed by atoms with Gasteiger partial charge in [0, 0.05) is 6.54 Å². The highest BCUT2D eigenvalue weighted by molar-refractivity contribution is 4.94. The monoisotopic (exact) mass is 211 g/mol. The predicted octanol–water partition coefficient (Wildman–Crippen LogP) is 4.15. The van der Waals surface area contributed by atoms with Crippen LogP contribution in [0.5, 0.6) is 0 Å². The number of allylic oxidation sites excluding steroid dienone is 1. The third-order valence-corrected chi connectivity index (χ3v) is 2.54. The molecule has 15 heavy (non-hydrogen) atoms. The van der Waals surface area contributed by atoms with E-state index >= 15 is 0 Å². The molecule has 0 bridgehead atoms. The first-order chi connectivity index (χ1) is 7.13. The van der Waals surface area contributed by atoms with Gasteiger partial charge in [-0.2, -0.15) is 0 Å². The normalized spacial score (nSPS) is 10.7. The molecule has 0 atom stereocenters. The van der Waals surface area contributed by atoms with Gasteiger partial charge < -0.3 is 5.32 Å². The summed E-state index contributed by atoms with van der Waals surface area (Å²) < 4.78 is 0. The van der Waals surface area contributed by atoms with E-state index in [2.05, 4.69) is 39.1 Å². The zero-order chi connectivity index (χ0) is 11.5. The lowest BCUT2D eigenvalue weighted by molar-refractivity contribution is 0.515. The fourth-order valence-corrected chi connectivity index (χ4v) is 1.53. The van der Waals surface area contributed by atoms with Crippen molar-refractivity contribution in [1.29, 1.82) is 0 Å². The van der Waals surface area contributed by atoms with Crippen LogP contribution in [0.4, 0.5) is 0 Å². The van der Waals surface area contributed by atoms with Crippen LogP contribution in [0, 0.1) is 5.92 Å². The molecule has 0 saturated carbocycles. The van der Waals surface area contributed by atoms with E-state index in [9.17, 15) is 0 Å². The minimum absolute atomic E-state index is 0.876. The summed E-state index contributed by atoms with van der Waals surface area (Å²) in [5.41, 5.74) is 1.40. The standard InChI is InChI=1S/C14H29N/c1-13(2)9-7-5-6-8-11-15-12-10-14(3)4/h10,13,15H,5-9,11-12H2,1-4H3. The number of hydrogen-bond donors (Lipinski definition) is 1. The van der Waals surface area contributed by atoms with E-state index < -0.39 is 0 Å². The van der Waals surface area contributed by atoms with Crippen LogP contribution in [0.1, 0.15) is 59.8 Å². The summed E-state index contributed by atoms with van der Waals surface area (Å²) in [6.45, 7) is 11.1. The molecule has 0 rings (SSSR count). The smallest absolute Gasteiger partial charge is 0.0137 e. The van der Waals surface area contributed by atoms with Crippen molar-refractivity contribution < 1.29 is 0 Å². The van der Waals surface area contributed by atoms with Crippen molar-refractivity contribution in [2.45, 2.75) is 59.8 Å². The molecule has 1 N–H and O–H groups in total. The molecular weight excluding hydrogens is 182 g/mol. The second-order valence-electron chi connectivity index (χ2n) is 5.08. The van der Waals surface area contributed by atoms with Gasteiger partial charge in [-0.3, -0.25) is 0 Å². The molecule has 0 aliphatic heterocycles. The van der Waals surface area contributed by atoms with Gasteiger partial charge in [0.1, 0.15) is 0 Å². The first-order valence-corrected chi connectivity index (χ1v) is 6.47. The molecule has 90 valence electrons. The second-order valence-corrected chi connectivity index (χ2v) is 5.08. The van der Waals surface area contributed by atoms with E-state index in [0.717, 1.165) is 12.5 Å². The van der Waals surface area contributed by atoms with E-state index in [1.54, 1.807) is 0 Å². The summed E-state index contributed by atoms with van der Waals surface area (Å²) in [6, 6.07) is 0. The van der Waals surface area contributed by atoms with Crippen LogP contribution >= 0.6 is 0 Å². The predicted molar refractivity (Wildman–Crippen MR) is 70.2 cm³/mol. The van der Waals surface area contributed by atoms with E-state index in [4.69, 9.17) is 0 Å². The van der Waals surface area contributed by atoms with Crippen LogP contribution in [-0.2, 0) is 0 Å². The summed E-state index contributed by atoms with van der Waals surface area (Å²) in [7, 11) is 0. The van der Waals surface area contributed by atoms with E-state index in [1.807, 2.05) is 0 Å². The van der Waals surface area contributed by atoms with Crippen molar-refractivity contribution in [2.24, 2.45) is 5.92 Å². The molecule has 0 spiro atoms. The van der Waals surface area contributed by atoms with E-state index in [1.165, 1.54) is 44.2 Å². The number of rotatable bonds is 9. The van der Waals surface area contributed by atoms with Crippen LogP contribution in [0.15, 0.2) is 11.6 Å². The topological polar surface area (TPSA) is 12.0 Å². The third-order valence-electron chi connectivity index (χ3n) is 2.54. The lowest BCUT2D eigenvalue weighted by Gasteiger charge is -2.04. The third kappa shape index (κ3) is 13.7. The summed E-state index contributed by atoms with van der Waals surface area (Å²) in [6.07, 6.45) is 9.17. The van der Waals surface area contributed by atoms with Gasteiger partial charge in [0.25, 0.3) is 0 Å². The van der Waals surface area contributed by atoms with Crippen molar-refractivity contribution in [1.82, 2.24) is 5.32 Å². The summed E-state index contributed by atoms with van der Waals surface area (Å²) in [4.78, 5) is 0. The average Bonchev–Trinajstić information content (AvgIpc) is 2.14. The van der Waals surface area contributed by atoms with Crippen molar-refractivity contribution in [3.05, 3.63) is 11.6 Å². The number of hydrogen-bond acceptors (Lipinski definition) is 1. The Morgan fingerprint density at radius 1 is 1.07 bits per heavy atom. The van der Waals surface area contributed by atoms with E-state index in [0.29, 0.717) is 0 Å². The quantitative estimate of drug-likeness (QED) is 0.446. The molecule has 0 saturated heterocycles. The fraction of sp³-hybridized carbons (Fsp3) is 0.857.